The molecule has 0 saturated heterocycles. The van der Waals surface area contributed by atoms with Gasteiger partial charge in [0, 0.05) is 12.4 Å². The van der Waals surface area contributed by atoms with Gasteiger partial charge in [0.1, 0.15) is 12.0 Å². The molecule has 14 heteroatoms. The minimum absolute atomic E-state index is 0.507. The second-order valence-electron chi connectivity index (χ2n) is 4.30. The van der Waals surface area contributed by atoms with Gasteiger partial charge >= 0.3 is 18.5 Å². The summed E-state index contributed by atoms with van der Waals surface area (Å²) >= 11 is -1.09. The third-order valence-electron chi connectivity index (χ3n) is 2.77. The summed E-state index contributed by atoms with van der Waals surface area (Å²) in [5.41, 5.74) is -2.80. The second-order valence-corrected chi connectivity index (χ2v) is 5.49. The number of thioether (sulfide) groups is 1. The fraction of sp³-hybridized carbons (Fsp3) is 0.400. The molecule has 1 aliphatic rings. The molecule has 0 fully saturated rings. The van der Waals surface area contributed by atoms with E-state index in [2.05, 4.69) is 9.98 Å². The summed E-state index contributed by atoms with van der Waals surface area (Å²) in [5.74, 6) is -3.57. The Kier molecular flexibility index (Phi) is 4.18. The van der Waals surface area contributed by atoms with E-state index in [1.165, 1.54) is 0 Å². The highest BCUT2D eigenvalue weighted by atomic mass is 32.2. The van der Waals surface area contributed by atoms with Crippen LogP contribution < -0.4 is 0 Å². The number of aliphatic imine (C=N–C) groups is 1. The van der Waals surface area contributed by atoms with Crippen molar-refractivity contribution in [1.82, 2.24) is 9.55 Å². The molecule has 134 valence electrons. The van der Waals surface area contributed by atoms with Crippen molar-refractivity contribution in [1.29, 1.82) is 0 Å². The summed E-state index contributed by atoms with van der Waals surface area (Å²) in [6, 6.07) is 0. The van der Waals surface area contributed by atoms with Gasteiger partial charge in [-0.1, -0.05) is 11.8 Å². The van der Waals surface area contributed by atoms with Crippen LogP contribution in [0.4, 0.5) is 43.9 Å². The van der Waals surface area contributed by atoms with E-state index >= 15 is 0 Å². The molecule has 0 unspecified atom stereocenters. The van der Waals surface area contributed by atoms with Gasteiger partial charge in [0.2, 0.25) is 5.83 Å². The Morgan fingerprint density at radius 2 is 1.54 bits per heavy atom. The van der Waals surface area contributed by atoms with Crippen LogP contribution in [0.25, 0.3) is 0 Å². The monoisotopic (exact) mass is 387 g/mol. The molecule has 0 amide bonds. The molecule has 3 nitrogen and oxygen atoms in total. The average Bonchev–Trinajstić information content (AvgIpc) is 3.02. The summed E-state index contributed by atoms with van der Waals surface area (Å²) in [6.45, 7) is 0. The second kappa shape index (κ2) is 5.39. The number of nitrogens with zero attached hydrogens (tertiary/aromatic N) is 3. The molecule has 2 rings (SSSR count). The number of rotatable bonds is 0. The van der Waals surface area contributed by atoms with Crippen LogP contribution in [0.2, 0.25) is 0 Å². The number of allylic oxidation sites excluding steroid dienone is 1. The van der Waals surface area contributed by atoms with Crippen LogP contribution >= 0.6 is 11.8 Å². The zero-order valence-electron chi connectivity index (χ0n) is 10.8. The van der Waals surface area contributed by atoms with Crippen molar-refractivity contribution in [3.8, 4) is 0 Å². The van der Waals surface area contributed by atoms with Gasteiger partial charge in [-0.2, -0.15) is 43.9 Å². The van der Waals surface area contributed by atoms with Crippen LogP contribution in [0.15, 0.2) is 35.2 Å². The first-order valence-electron chi connectivity index (χ1n) is 5.59. The van der Waals surface area contributed by atoms with Gasteiger partial charge in [0.25, 0.3) is 4.75 Å². The minimum Gasteiger partial charge on any atom is -0.285 e. The van der Waals surface area contributed by atoms with Crippen molar-refractivity contribution in [2.24, 2.45) is 4.99 Å². The van der Waals surface area contributed by atoms with E-state index in [0.29, 0.717) is 10.9 Å². The molecule has 0 atom stereocenters. The van der Waals surface area contributed by atoms with Crippen molar-refractivity contribution >= 4 is 16.9 Å². The van der Waals surface area contributed by atoms with Crippen LogP contribution in [-0.2, 0) is 0 Å². The predicted octanol–water partition coefficient (Wildman–Crippen LogP) is 4.44. The van der Waals surface area contributed by atoms with Gasteiger partial charge < -0.3 is 0 Å². The smallest absolute Gasteiger partial charge is 0.285 e. The SMILES string of the molecule is F/C(=C1/N=C(n2ccnc2)SC1(C(F)(F)F)C(F)(F)F)C(F)(F)F. The molecule has 0 aliphatic carbocycles. The summed E-state index contributed by atoms with van der Waals surface area (Å²) in [6.07, 6.45) is -16.2. The summed E-state index contributed by atoms with van der Waals surface area (Å²) in [5, 5.41) is -1.16. The zero-order chi connectivity index (χ0) is 18.6. The first-order valence-corrected chi connectivity index (χ1v) is 6.40. The maximum atomic E-state index is 13.4. The Morgan fingerprint density at radius 3 is 1.92 bits per heavy atom. The van der Waals surface area contributed by atoms with Gasteiger partial charge in [-0.3, -0.25) is 4.57 Å². The maximum Gasteiger partial charge on any atom is 0.444 e. The van der Waals surface area contributed by atoms with Gasteiger partial charge in [-0.25, -0.2) is 9.98 Å². The lowest BCUT2D eigenvalue weighted by atomic mass is 10.0. The predicted molar refractivity (Wildman–Crippen MR) is 61.7 cm³/mol. The van der Waals surface area contributed by atoms with Crippen LogP contribution in [0.1, 0.15) is 0 Å². The number of alkyl halides is 9. The highest BCUT2D eigenvalue weighted by Gasteiger charge is 2.78. The molecule has 0 saturated carbocycles. The molecule has 1 aliphatic heterocycles. The molecule has 1 aromatic heterocycles. The molecule has 0 spiro atoms. The number of imidazole rings is 1. The number of hydrogen-bond donors (Lipinski definition) is 0. The van der Waals surface area contributed by atoms with Crippen molar-refractivity contribution in [2.45, 2.75) is 23.3 Å². The number of halogens is 10. The third kappa shape index (κ3) is 2.75. The zero-order valence-corrected chi connectivity index (χ0v) is 11.6. The van der Waals surface area contributed by atoms with Crippen LogP contribution in [0, 0.1) is 0 Å². The largest absolute Gasteiger partial charge is 0.444 e. The summed E-state index contributed by atoms with van der Waals surface area (Å²) in [4.78, 5) is 5.96. The lowest BCUT2D eigenvalue weighted by Gasteiger charge is -2.33. The normalized spacial score (nSPS) is 21.0. The molecule has 0 N–H and O–H groups in total. The molecule has 0 aromatic carbocycles. The Morgan fingerprint density at radius 1 is 1.00 bits per heavy atom. The van der Waals surface area contributed by atoms with Crippen molar-refractivity contribution in [2.75, 3.05) is 0 Å². The fourth-order valence-corrected chi connectivity index (χ4v) is 2.84. The average molecular weight is 387 g/mol. The van der Waals surface area contributed by atoms with Gasteiger partial charge in [0.15, 0.2) is 5.17 Å². The van der Waals surface area contributed by atoms with Crippen LogP contribution in [0.3, 0.4) is 0 Å². The molecule has 0 radical (unpaired) electrons. The van der Waals surface area contributed by atoms with E-state index < -0.39 is 51.7 Å². The molecule has 24 heavy (non-hydrogen) atoms. The van der Waals surface area contributed by atoms with E-state index in [-0.39, 0.29) is 0 Å². The topological polar surface area (TPSA) is 30.2 Å². The van der Waals surface area contributed by atoms with Crippen molar-refractivity contribution < 1.29 is 43.9 Å². The first kappa shape index (κ1) is 18.6. The summed E-state index contributed by atoms with van der Waals surface area (Å²) < 4.78 is 125. The van der Waals surface area contributed by atoms with Crippen molar-refractivity contribution in [3.63, 3.8) is 0 Å². The Balaban J connectivity index is 2.80. The Labute approximate surface area is 130 Å². The first-order chi connectivity index (χ1) is 10.7. The third-order valence-corrected chi connectivity index (χ3v) is 4.21. The summed E-state index contributed by atoms with van der Waals surface area (Å²) in [7, 11) is 0. The van der Waals surface area contributed by atoms with Crippen LogP contribution in [-0.4, -0.2) is 38.0 Å². The van der Waals surface area contributed by atoms with Crippen molar-refractivity contribution in [3.05, 3.63) is 30.2 Å². The number of hydrogen-bond acceptors (Lipinski definition) is 3. The van der Waals surface area contributed by atoms with E-state index in [0.717, 1.165) is 12.4 Å². The molecular formula is C10H3F10N3S. The fourth-order valence-electron chi connectivity index (χ4n) is 1.75. The van der Waals surface area contributed by atoms with Gasteiger partial charge in [-0.15, -0.1) is 0 Å². The van der Waals surface area contributed by atoms with E-state index in [1.54, 1.807) is 0 Å². The minimum atomic E-state index is -6.31. The van der Waals surface area contributed by atoms with Gasteiger partial charge in [-0.05, 0) is 0 Å². The molecule has 0 bridgehead atoms. The quantitative estimate of drug-likeness (QED) is 0.617. The highest BCUT2D eigenvalue weighted by Crippen LogP contribution is 2.61. The molecular weight excluding hydrogens is 384 g/mol. The van der Waals surface area contributed by atoms with E-state index in [1.807, 2.05) is 0 Å². The molecule has 2 heterocycles. The van der Waals surface area contributed by atoms with Gasteiger partial charge in [0.05, 0.1) is 0 Å². The molecule has 1 aromatic rings. The maximum absolute atomic E-state index is 13.4. The Bertz CT molecular complexity index is 665. The standard InChI is InChI=1S/C10H3F10N3S/c11-4(8(12,13)14)5-7(9(15,16)17,10(18,19)20)24-6(22-5)23-2-1-21-3-23/h1-3H/b5-4+. The highest BCUT2D eigenvalue weighted by molar-refractivity contribution is 8.15. The van der Waals surface area contributed by atoms with E-state index in [4.69, 9.17) is 0 Å². The lowest BCUT2D eigenvalue weighted by molar-refractivity contribution is -0.253. The lowest BCUT2D eigenvalue weighted by Crippen LogP contribution is -2.54. The Hall–Kier alpha value is -1.73. The number of aromatic nitrogens is 2. The van der Waals surface area contributed by atoms with E-state index in [9.17, 15) is 43.9 Å². The van der Waals surface area contributed by atoms with Crippen LogP contribution in [0.5, 0.6) is 0 Å².